The zero-order valence-corrected chi connectivity index (χ0v) is 9.57. The third kappa shape index (κ3) is 2.71. The van der Waals surface area contributed by atoms with Gasteiger partial charge in [0.2, 0.25) is 0 Å². The van der Waals surface area contributed by atoms with Gasteiger partial charge >= 0.3 is 0 Å². The van der Waals surface area contributed by atoms with Crippen molar-refractivity contribution in [2.45, 2.75) is 25.3 Å². The molecule has 0 aromatic heterocycles. The minimum atomic E-state index is -0.363. The molecular formula is C11H16ClNO3. The van der Waals surface area contributed by atoms with Gasteiger partial charge in [-0.3, -0.25) is 0 Å². The summed E-state index contributed by atoms with van der Waals surface area (Å²) < 4.78 is 0. The fourth-order valence-electron chi connectivity index (χ4n) is 1.82. The molecule has 16 heavy (non-hydrogen) atoms. The highest BCUT2D eigenvalue weighted by Gasteiger charge is 2.27. The summed E-state index contributed by atoms with van der Waals surface area (Å²) in [5, 5.41) is 28.3. The van der Waals surface area contributed by atoms with Crippen LogP contribution in [-0.4, -0.2) is 15.3 Å². The van der Waals surface area contributed by atoms with Crippen LogP contribution in [0, 0.1) is 5.92 Å². The van der Waals surface area contributed by atoms with E-state index < -0.39 is 0 Å². The molecule has 0 heterocycles. The summed E-state index contributed by atoms with van der Waals surface area (Å²) in [5.41, 5.74) is 6.22. The van der Waals surface area contributed by atoms with E-state index in [1.54, 1.807) is 0 Å². The van der Waals surface area contributed by atoms with Crippen molar-refractivity contribution in [3.63, 3.8) is 0 Å². The number of rotatable bonds is 3. The van der Waals surface area contributed by atoms with Crippen LogP contribution in [0.25, 0.3) is 0 Å². The maximum Gasteiger partial charge on any atom is 0.127 e. The molecule has 4 nitrogen and oxygen atoms in total. The fraction of sp³-hybridized carbons (Fsp3) is 0.455. The van der Waals surface area contributed by atoms with Crippen molar-refractivity contribution >= 4 is 12.4 Å². The van der Waals surface area contributed by atoms with Crippen LogP contribution in [0.3, 0.4) is 0 Å². The van der Waals surface area contributed by atoms with Crippen molar-refractivity contribution in [3.05, 3.63) is 17.7 Å². The van der Waals surface area contributed by atoms with E-state index in [-0.39, 0.29) is 35.7 Å². The molecule has 0 spiro atoms. The summed E-state index contributed by atoms with van der Waals surface area (Å²) in [6.45, 7) is 0. The van der Waals surface area contributed by atoms with Crippen molar-refractivity contribution in [1.29, 1.82) is 0 Å². The smallest absolute Gasteiger partial charge is 0.127 e. The Morgan fingerprint density at radius 1 is 1.19 bits per heavy atom. The highest BCUT2D eigenvalue weighted by Crippen LogP contribution is 2.42. The SMILES string of the molecule is Cl.N[C@@H](CC1CC1)c1c(O)cc(O)cc1O. The Hall–Kier alpha value is -1.13. The number of hydrogen-bond donors (Lipinski definition) is 4. The number of benzene rings is 1. The molecule has 5 heteroatoms. The Morgan fingerprint density at radius 3 is 2.12 bits per heavy atom. The van der Waals surface area contributed by atoms with Crippen LogP contribution in [-0.2, 0) is 0 Å². The molecule has 0 bridgehead atoms. The van der Waals surface area contributed by atoms with E-state index in [0.29, 0.717) is 11.5 Å². The highest BCUT2D eigenvalue weighted by atomic mass is 35.5. The molecule has 0 aliphatic heterocycles. The molecule has 1 fully saturated rings. The standard InChI is InChI=1S/C11H15NO3.ClH/c12-8(3-6-1-2-6)11-9(14)4-7(13)5-10(11)15;/h4-6,8,13-15H,1-3,12H2;1H/t8-;/m0./s1. The highest BCUT2D eigenvalue weighted by molar-refractivity contribution is 5.85. The summed E-state index contributed by atoms with van der Waals surface area (Å²) in [4.78, 5) is 0. The molecule has 5 N–H and O–H groups in total. The molecule has 1 saturated carbocycles. The third-order valence-corrected chi connectivity index (χ3v) is 2.78. The molecule has 90 valence electrons. The largest absolute Gasteiger partial charge is 0.508 e. The minimum absolute atomic E-state index is 0. The first-order valence-corrected chi connectivity index (χ1v) is 5.08. The van der Waals surface area contributed by atoms with E-state index >= 15 is 0 Å². The molecular weight excluding hydrogens is 230 g/mol. The van der Waals surface area contributed by atoms with E-state index in [1.165, 1.54) is 25.0 Å². The lowest BCUT2D eigenvalue weighted by Gasteiger charge is -2.15. The average Bonchev–Trinajstić information content (AvgIpc) is 2.85. The number of hydrogen-bond acceptors (Lipinski definition) is 4. The van der Waals surface area contributed by atoms with Gasteiger partial charge in [-0.2, -0.15) is 0 Å². The Kier molecular flexibility index (Phi) is 3.88. The zero-order chi connectivity index (χ0) is 11.0. The third-order valence-electron chi connectivity index (χ3n) is 2.78. The molecule has 1 aromatic rings. The molecule has 1 aromatic carbocycles. The molecule has 1 aliphatic rings. The first kappa shape index (κ1) is 12.9. The predicted octanol–water partition coefficient (Wildman–Crippen LogP) is 2.03. The molecule has 2 rings (SSSR count). The maximum absolute atomic E-state index is 9.58. The first-order chi connectivity index (χ1) is 7.08. The van der Waals surface area contributed by atoms with Gasteiger partial charge in [0.05, 0.1) is 5.56 Å². The lowest BCUT2D eigenvalue weighted by Crippen LogP contribution is -2.11. The van der Waals surface area contributed by atoms with Gasteiger partial charge in [0.25, 0.3) is 0 Å². The van der Waals surface area contributed by atoms with Gasteiger partial charge in [0.15, 0.2) is 0 Å². The van der Waals surface area contributed by atoms with Crippen LogP contribution in [0.5, 0.6) is 17.2 Å². The van der Waals surface area contributed by atoms with Gasteiger partial charge < -0.3 is 21.1 Å². The van der Waals surface area contributed by atoms with E-state index in [0.717, 1.165) is 6.42 Å². The summed E-state index contributed by atoms with van der Waals surface area (Å²) >= 11 is 0. The number of nitrogens with two attached hydrogens (primary N) is 1. The Bertz CT molecular complexity index is 356. The van der Waals surface area contributed by atoms with Crippen molar-refractivity contribution in [2.75, 3.05) is 0 Å². The average molecular weight is 246 g/mol. The second-order valence-corrected chi connectivity index (χ2v) is 4.18. The first-order valence-electron chi connectivity index (χ1n) is 5.08. The van der Waals surface area contributed by atoms with Gasteiger partial charge in [-0.1, -0.05) is 12.8 Å². The van der Waals surface area contributed by atoms with Crippen LogP contribution in [0.2, 0.25) is 0 Å². The molecule has 0 unspecified atom stereocenters. The lowest BCUT2D eigenvalue weighted by atomic mass is 10.00. The summed E-state index contributed by atoms with van der Waals surface area (Å²) in [6, 6.07) is 2.03. The van der Waals surface area contributed by atoms with Gasteiger partial charge in [-0.15, -0.1) is 12.4 Å². The molecule has 1 aliphatic carbocycles. The summed E-state index contributed by atoms with van der Waals surface area (Å²) in [7, 11) is 0. The number of phenolic OH excluding ortho intramolecular Hbond substituents is 3. The number of aromatic hydroxyl groups is 3. The van der Waals surface area contributed by atoms with Gasteiger partial charge in [0.1, 0.15) is 17.2 Å². The van der Waals surface area contributed by atoms with Gasteiger partial charge in [-0.25, -0.2) is 0 Å². The molecule has 0 amide bonds. The van der Waals surface area contributed by atoms with Crippen LogP contribution < -0.4 is 5.73 Å². The van der Waals surface area contributed by atoms with Gasteiger partial charge in [-0.05, 0) is 12.3 Å². The monoisotopic (exact) mass is 245 g/mol. The van der Waals surface area contributed by atoms with Crippen molar-refractivity contribution in [1.82, 2.24) is 0 Å². The van der Waals surface area contributed by atoms with E-state index in [1.807, 2.05) is 0 Å². The van der Waals surface area contributed by atoms with Crippen molar-refractivity contribution in [3.8, 4) is 17.2 Å². The second-order valence-electron chi connectivity index (χ2n) is 4.18. The van der Waals surface area contributed by atoms with E-state index in [9.17, 15) is 10.2 Å². The van der Waals surface area contributed by atoms with Crippen LogP contribution in [0.1, 0.15) is 30.9 Å². The molecule has 0 radical (unpaired) electrons. The Morgan fingerprint density at radius 2 is 1.69 bits per heavy atom. The van der Waals surface area contributed by atoms with Crippen LogP contribution in [0.15, 0.2) is 12.1 Å². The number of halogens is 1. The zero-order valence-electron chi connectivity index (χ0n) is 8.76. The lowest BCUT2D eigenvalue weighted by molar-refractivity contribution is 0.407. The van der Waals surface area contributed by atoms with Crippen molar-refractivity contribution in [2.24, 2.45) is 11.7 Å². The summed E-state index contributed by atoms with van der Waals surface area (Å²) in [6.07, 6.45) is 3.12. The van der Waals surface area contributed by atoms with Crippen LogP contribution >= 0.6 is 12.4 Å². The topological polar surface area (TPSA) is 86.7 Å². The quantitative estimate of drug-likeness (QED) is 0.656. The van der Waals surface area contributed by atoms with E-state index in [2.05, 4.69) is 0 Å². The normalized spacial score (nSPS) is 16.6. The Labute approximate surface area is 100 Å². The van der Waals surface area contributed by atoms with Crippen LogP contribution in [0.4, 0.5) is 0 Å². The maximum atomic E-state index is 9.58. The number of phenols is 3. The Balaban J connectivity index is 0.00000128. The fourth-order valence-corrected chi connectivity index (χ4v) is 1.82. The van der Waals surface area contributed by atoms with Crippen molar-refractivity contribution < 1.29 is 15.3 Å². The predicted molar refractivity (Wildman–Crippen MR) is 63.0 cm³/mol. The summed E-state index contributed by atoms with van der Waals surface area (Å²) in [5.74, 6) is 0.182. The molecule has 1 atom stereocenters. The molecule has 0 saturated heterocycles. The van der Waals surface area contributed by atoms with E-state index in [4.69, 9.17) is 10.8 Å². The second kappa shape index (κ2) is 4.80. The van der Waals surface area contributed by atoms with Gasteiger partial charge in [0, 0.05) is 18.2 Å². The minimum Gasteiger partial charge on any atom is -0.508 e.